The Labute approximate surface area is 172 Å². The van der Waals surface area contributed by atoms with Gasteiger partial charge in [-0.2, -0.15) is 0 Å². The minimum absolute atomic E-state index is 0.0572. The highest BCUT2D eigenvalue weighted by Gasteiger charge is 2.50. The predicted octanol–water partition coefficient (Wildman–Crippen LogP) is 5.87. The van der Waals surface area contributed by atoms with Crippen LogP contribution in [0.1, 0.15) is 58.3 Å². The number of hydrogen-bond donors (Lipinski definition) is 1. The second kappa shape index (κ2) is 7.83. The van der Waals surface area contributed by atoms with Gasteiger partial charge >= 0.3 is 0 Å². The second-order valence-electron chi connectivity index (χ2n) is 9.05. The summed E-state index contributed by atoms with van der Waals surface area (Å²) in [6, 6.07) is 5.06. The van der Waals surface area contributed by atoms with E-state index in [4.69, 9.17) is 27.9 Å². The van der Waals surface area contributed by atoms with Gasteiger partial charge in [0.05, 0.1) is 5.02 Å². The van der Waals surface area contributed by atoms with Crippen LogP contribution >= 0.6 is 23.2 Å². The van der Waals surface area contributed by atoms with Crippen molar-refractivity contribution in [3.63, 3.8) is 0 Å². The third-order valence-corrected chi connectivity index (χ3v) is 7.49. The first-order chi connectivity index (χ1) is 13.0. The lowest BCUT2D eigenvalue weighted by Gasteiger charge is -2.57. The Morgan fingerprint density at radius 1 is 1.19 bits per heavy atom. The topological polar surface area (TPSA) is 38.3 Å². The van der Waals surface area contributed by atoms with E-state index in [-0.39, 0.29) is 5.91 Å². The molecule has 5 rings (SSSR count). The molecule has 3 nitrogen and oxygen atoms in total. The lowest BCUT2D eigenvalue weighted by molar-refractivity contribution is -0.128. The first-order valence-corrected chi connectivity index (χ1v) is 11.1. The number of halogens is 2. The van der Waals surface area contributed by atoms with Gasteiger partial charge in [-0.05, 0) is 86.7 Å². The lowest BCUT2D eigenvalue weighted by atomic mass is 9.49. The average Bonchev–Trinajstić information content (AvgIpc) is 2.61. The molecule has 1 atom stereocenters. The fraction of sp³-hybridized carbons (Fsp3) is 0.682. The highest BCUT2D eigenvalue weighted by molar-refractivity contribution is 6.34. The molecule has 0 heterocycles. The maximum Gasteiger partial charge on any atom is 0.261 e. The van der Waals surface area contributed by atoms with Crippen LogP contribution in [-0.4, -0.2) is 18.6 Å². The predicted molar refractivity (Wildman–Crippen MR) is 109 cm³/mol. The molecule has 4 saturated carbocycles. The van der Waals surface area contributed by atoms with Crippen LogP contribution in [0.25, 0.3) is 0 Å². The van der Waals surface area contributed by atoms with Crippen LogP contribution in [0.15, 0.2) is 18.2 Å². The number of hydrogen-bond acceptors (Lipinski definition) is 2. The summed E-state index contributed by atoms with van der Waals surface area (Å²) < 4.78 is 5.85. The van der Waals surface area contributed by atoms with Crippen LogP contribution in [-0.2, 0) is 4.79 Å². The molecule has 0 radical (unpaired) electrons. The van der Waals surface area contributed by atoms with E-state index in [0.29, 0.717) is 27.6 Å². The number of ether oxygens (including phenoxy) is 1. The van der Waals surface area contributed by atoms with Crippen molar-refractivity contribution in [3.05, 3.63) is 28.2 Å². The van der Waals surface area contributed by atoms with Crippen LogP contribution < -0.4 is 10.1 Å². The first kappa shape index (κ1) is 19.4. The fourth-order valence-electron chi connectivity index (χ4n) is 6.20. The van der Waals surface area contributed by atoms with E-state index in [1.54, 1.807) is 18.2 Å². The van der Waals surface area contributed by atoms with Crippen LogP contribution in [0, 0.1) is 23.2 Å². The Morgan fingerprint density at radius 3 is 2.41 bits per heavy atom. The summed E-state index contributed by atoms with van der Waals surface area (Å²) in [4.78, 5) is 12.6. The van der Waals surface area contributed by atoms with Crippen molar-refractivity contribution in [2.75, 3.05) is 6.54 Å². The molecule has 0 aromatic heterocycles. The van der Waals surface area contributed by atoms with E-state index in [9.17, 15) is 4.79 Å². The molecular weight excluding hydrogens is 381 g/mol. The van der Waals surface area contributed by atoms with E-state index in [2.05, 4.69) is 5.32 Å². The monoisotopic (exact) mass is 409 g/mol. The Morgan fingerprint density at radius 2 is 1.81 bits per heavy atom. The van der Waals surface area contributed by atoms with Gasteiger partial charge in [-0.1, -0.05) is 30.1 Å². The molecule has 4 fully saturated rings. The highest BCUT2D eigenvalue weighted by atomic mass is 35.5. The number of carbonyl (C=O) groups excluding carboxylic acids is 1. The van der Waals surface area contributed by atoms with Crippen LogP contribution in [0.3, 0.4) is 0 Å². The maximum atomic E-state index is 12.6. The van der Waals surface area contributed by atoms with Gasteiger partial charge in [0.1, 0.15) is 5.75 Å². The molecule has 4 bridgehead atoms. The molecule has 0 unspecified atom stereocenters. The molecule has 0 saturated heterocycles. The van der Waals surface area contributed by atoms with Gasteiger partial charge in [0.25, 0.3) is 5.91 Å². The van der Waals surface area contributed by atoms with E-state index < -0.39 is 6.10 Å². The van der Waals surface area contributed by atoms with Crippen molar-refractivity contribution in [1.82, 2.24) is 5.32 Å². The van der Waals surface area contributed by atoms with E-state index in [1.807, 2.05) is 6.92 Å². The molecule has 0 aliphatic heterocycles. The Bertz CT molecular complexity index is 670. The Hall–Kier alpha value is -0.930. The molecule has 1 N–H and O–H groups in total. The SMILES string of the molecule is CC[C@@H](Oc1cc(Cl)ccc1Cl)C(=O)NCCC12CC3CC(CC(C3)C1)C2. The minimum atomic E-state index is -0.544. The molecule has 5 heteroatoms. The molecule has 27 heavy (non-hydrogen) atoms. The van der Waals surface area contributed by atoms with E-state index >= 15 is 0 Å². The first-order valence-electron chi connectivity index (χ1n) is 10.4. The maximum absolute atomic E-state index is 12.6. The standard InChI is InChI=1S/C22H29Cl2NO2/c1-2-19(27-20-10-17(23)3-4-18(20)24)21(26)25-6-5-22-11-14-7-15(12-22)9-16(8-14)13-22/h3-4,10,14-16,19H,2,5-9,11-13H2,1H3,(H,25,26)/t14?,15?,16?,19-,22?/m1/s1. The number of amides is 1. The van der Waals surface area contributed by atoms with Crippen molar-refractivity contribution in [2.24, 2.45) is 23.2 Å². The Balaban J connectivity index is 1.31. The van der Waals surface area contributed by atoms with Gasteiger partial charge in [-0.3, -0.25) is 4.79 Å². The van der Waals surface area contributed by atoms with Gasteiger partial charge < -0.3 is 10.1 Å². The van der Waals surface area contributed by atoms with Gasteiger partial charge in [0.2, 0.25) is 0 Å². The van der Waals surface area contributed by atoms with Gasteiger partial charge in [-0.15, -0.1) is 0 Å². The summed E-state index contributed by atoms with van der Waals surface area (Å²) in [5, 5.41) is 4.14. The quantitative estimate of drug-likeness (QED) is 0.610. The molecule has 1 aromatic rings. The zero-order valence-corrected chi connectivity index (χ0v) is 17.5. The van der Waals surface area contributed by atoms with Crippen LogP contribution in [0.5, 0.6) is 5.75 Å². The summed E-state index contributed by atoms with van der Waals surface area (Å²) in [5.41, 5.74) is 0.487. The summed E-state index contributed by atoms with van der Waals surface area (Å²) in [6.45, 7) is 2.69. The zero-order valence-electron chi connectivity index (χ0n) is 16.0. The lowest BCUT2D eigenvalue weighted by Crippen LogP contribution is -2.48. The molecule has 4 aliphatic rings. The van der Waals surface area contributed by atoms with Crippen LogP contribution in [0.2, 0.25) is 10.0 Å². The highest BCUT2D eigenvalue weighted by Crippen LogP contribution is 2.61. The Kier molecular flexibility index (Phi) is 5.62. The third kappa shape index (κ3) is 4.24. The third-order valence-electron chi connectivity index (χ3n) is 6.95. The molecule has 1 amide bonds. The smallest absolute Gasteiger partial charge is 0.261 e. The number of benzene rings is 1. The second-order valence-corrected chi connectivity index (χ2v) is 9.89. The summed E-state index contributed by atoms with van der Waals surface area (Å²) in [7, 11) is 0. The fourth-order valence-corrected chi connectivity index (χ4v) is 6.53. The summed E-state index contributed by atoms with van der Waals surface area (Å²) >= 11 is 12.2. The number of rotatable bonds is 7. The largest absolute Gasteiger partial charge is 0.479 e. The molecule has 0 spiro atoms. The molecular formula is C22H29Cl2NO2. The number of carbonyl (C=O) groups is 1. The molecule has 148 valence electrons. The van der Waals surface area contributed by atoms with Crippen LogP contribution in [0.4, 0.5) is 0 Å². The van der Waals surface area contributed by atoms with Gasteiger partial charge in [0.15, 0.2) is 6.10 Å². The van der Waals surface area contributed by atoms with Gasteiger partial charge in [0, 0.05) is 17.6 Å². The van der Waals surface area contributed by atoms with Gasteiger partial charge in [-0.25, -0.2) is 0 Å². The van der Waals surface area contributed by atoms with Crippen molar-refractivity contribution >= 4 is 29.1 Å². The molecule has 1 aromatic carbocycles. The number of nitrogens with one attached hydrogen (secondary N) is 1. The van der Waals surface area contributed by atoms with E-state index in [1.165, 1.54) is 38.5 Å². The van der Waals surface area contributed by atoms with Crippen molar-refractivity contribution in [2.45, 2.75) is 64.4 Å². The summed E-state index contributed by atoms with van der Waals surface area (Å²) in [6.07, 6.45) is 9.65. The van der Waals surface area contributed by atoms with Crippen molar-refractivity contribution in [3.8, 4) is 5.75 Å². The average molecular weight is 410 g/mol. The summed E-state index contributed by atoms with van der Waals surface area (Å²) in [5.74, 6) is 3.25. The molecule has 4 aliphatic carbocycles. The normalized spacial score (nSPS) is 32.3. The van der Waals surface area contributed by atoms with Crippen molar-refractivity contribution in [1.29, 1.82) is 0 Å². The van der Waals surface area contributed by atoms with E-state index in [0.717, 1.165) is 30.7 Å². The zero-order chi connectivity index (χ0) is 19.0. The van der Waals surface area contributed by atoms with Crippen molar-refractivity contribution < 1.29 is 9.53 Å². The minimum Gasteiger partial charge on any atom is -0.479 e.